The maximum atomic E-state index is 16.5. The summed E-state index contributed by atoms with van der Waals surface area (Å²) >= 11 is 0. The monoisotopic (exact) mass is 930 g/mol. The quantitative estimate of drug-likeness (QED) is 0.118. The number of rotatable bonds is 14. The summed E-state index contributed by atoms with van der Waals surface area (Å²) in [5, 5.41) is 20.6. The summed E-state index contributed by atoms with van der Waals surface area (Å²) in [4.78, 5) is 56.8. The topological polar surface area (TPSA) is 185 Å². The average Bonchev–Trinajstić information content (AvgIpc) is 3.81. The second kappa shape index (κ2) is 19.2. The van der Waals surface area contributed by atoms with Crippen molar-refractivity contribution in [2.24, 2.45) is 18.7 Å². The van der Waals surface area contributed by atoms with Crippen LogP contribution in [-0.2, 0) is 16.6 Å². The maximum absolute atomic E-state index is 16.5. The number of aliphatic hydroxyl groups is 1. The van der Waals surface area contributed by atoms with Crippen molar-refractivity contribution in [3.05, 3.63) is 106 Å². The molecule has 2 unspecified atom stereocenters. The predicted octanol–water partition coefficient (Wildman–Crippen LogP) is 5.49. The number of nitrogens with two attached hydrogens (primary N) is 1. The van der Waals surface area contributed by atoms with E-state index in [4.69, 9.17) is 15.2 Å². The van der Waals surface area contributed by atoms with Gasteiger partial charge in [-0.3, -0.25) is 29.3 Å². The van der Waals surface area contributed by atoms with Gasteiger partial charge in [-0.15, -0.1) is 0 Å². The number of anilines is 1. The number of carbonyl (C=O) groups is 4. The van der Waals surface area contributed by atoms with Crippen molar-refractivity contribution in [3.63, 3.8) is 0 Å². The standard InChI is InChI=1S/C51H56F2N8O7/c1-30-38(52)26-41-45(44(30)46-37(48(54)65)11-12-40(47(46)53)67-24-23-62)31(2)51(68-41,35-7-5-4-6-8-35)29-55-27-43(64)60-20-13-32(14-21-60)28-59-18-15-33(16-19-59)34-9-10-36-39(25-34)58(3)57-49(36)61-22-17-42(63)56-50(61)66/h4-5,7,9-12,25-26,31-33,55,62H,13-24,27-29H2,1-3H3,(H2,54,65)(H,56,63,66). The molecule has 5 heterocycles. The second-order valence-electron chi connectivity index (χ2n) is 18.4. The Hall–Kier alpha value is -6.61. The number of aliphatic hydroxyl groups excluding tert-OH is 1. The smallest absolute Gasteiger partial charge is 0.329 e. The average molecular weight is 931 g/mol. The van der Waals surface area contributed by atoms with Crippen LogP contribution < -0.4 is 30.7 Å². The minimum Gasteiger partial charge on any atom is -0.488 e. The van der Waals surface area contributed by atoms with Crippen molar-refractivity contribution < 1.29 is 42.5 Å². The summed E-state index contributed by atoms with van der Waals surface area (Å²) in [7, 11) is 1.88. The predicted molar refractivity (Wildman–Crippen MR) is 250 cm³/mol. The molecule has 5 amide bonds. The first-order valence-electron chi connectivity index (χ1n) is 23.3. The molecule has 4 aromatic rings. The highest BCUT2D eigenvalue weighted by Crippen LogP contribution is 2.54. The Labute approximate surface area is 392 Å². The zero-order valence-corrected chi connectivity index (χ0v) is 38.5. The molecule has 15 nitrogen and oxygen atoms in total. The van der Waals surface area contributed by atoms with Crippen LogP contribution in [0, 0.1) is 24.5 Å². The minimum atomic E-state index is -1.24. The van der Waals surface area contributed by atoms with Gasteiger partial charge in [0.1, 0.15) is 18.2 Å². The highest BCUT2D eigenvalue weighted by molar-refractivity contribution is 6.09. The molecule has 3 saturated heterocycles. The zero-order valence-electron chi connectivity index (χ0n) is 38.5. The highest BCUT2D eigenvalue weighted by Gasteiger charge is 2.51. The minimum absolute atomic E-state index is 0.0222. The van der Waals surface area contributed by atoms with Gasteiger partial charge in [-0.2, -0.15) is 5.10 Å². The lowest BCUT2D eigenvalue weighted by Crippen LogP contribution is -2.51. The zero-order chi connectivity index (χ0) is 47.9. The third-order valence-corrected chi connectivity index (χ3v) is 14.4. The SMILES string of the molecule is Cc1c(F)cc2c(c1-c1c(C(N)=O)ccc(OCCO)c1F)C(C)C(CNCC(=O)N1CCC(CN3CCC(c4ccc5c(N6CCC(=O)NC6=O)nn(C)c5c4)CC3)CC1)(C1=C=C=CC=C1)O2. The fourth-order valence-electron chi connectivity index (χ4n) is 10.7. The van der Waals surface area contributed by atoms with E-state index >= 15 is 8.78 Å². The van der Waals surface area contributed by atoms with Gasteiger partial charge in [0.2, 0.25) is 17.7 Å². The number of aromatic nitrogens is 2. The van der Waals surface area contributed by atoms with Gasteiger partial charge in [0, 0.05) is 80.3 Å². The molecule has 0 saturated carbocycles. The number of urea groups is 1. The first-order chi connectivity index (χ1) is 32.8. The molecule has 17 heteroatoms. The van der Waals surface area contributed by atoms with Crippen LogP contribution in [0.25, 0.3) is 22.0 Å². The third kappa shape index (κ3) is 8.72. The lowest BCUT2D eigenvalue weighted by molar-refractivity contribution is -0.131. The lowest BCUT2D eigenvalue weighted by atomic mass is 9.76. The Kier molecular flexibility index (Phi) is 13.1. The number of nitrogens with zero attached hydrogens (tertiary/aromatic N) is 5. The van der Waals surface area contributed by atoms with Crippen molar-refractivity contribution >= 4 is 40.5 Å². The Morgan fingerprint density at radius 2 is 1.84 bits per heavy atom. The fourth-order valence-corrected chi connectivity index (χ4v) is 10.7. The molecule has 68 heavy (non-hydrogen) atoms. The molecule has 0 spiro atoms. The summed E-state index contributed by atoms with van der Waals surface area (Å²) in [6.07, 6.45) is 9.38. The number of carbonyl (C=O) groups excluding carboxylic acids is 4. The number of likely N-dealkylation sites (tertiary alicyclic amines) is 2. The molecule has 5 aliphatic rings. The molecular formula is C51H56F2N8O7. The van der Waals surface area contributed by atoms with Gasteiger partial charge in [-0.25, -0.2) is 13.6 Å². The molecule has 1 aromatic heterocycles. The molecule has 0 radical (unpaired) electrons. The normalized spacial score (nSPS) is 21.0. The molecule has 0 bridgehead atoms. The van der Waals surface area contributed by atoms with Crippen molar-refractivity contribution in [2.75, 3.05) is 70.5 Å². The van der Waals surface area contributed by atoms with Gasteiger partial charge in [-0.1, -0.05) is 30.5 Å². The number of imide groups is 1. The number of piperidine rings is 2. The van der Waals surface area contributed by atoms with Gasteiger partial charge in [-0.05, 0) is 111 Å². The number of benzene rings is 3. The van der Waals surface area contributed by atoms with Gasteiger partial charge in [0.05, 0.1) is 24.2 Å². The molecule has 3 fully saturated rings. The maximum Gasteiger partial charge on any atom is 0.329 e. The first kappa shape index (κ1) is 46.5. The number of amides is 5. The Morgan fingerprint density at radius 1 is 1.06 bits per heavy atom. The number of hydrogen-bond acceptors (Lipinski definition) is 10. The second-order valence-corrected chi connectivity index (χ2v) is 18.4. The van der Waals surface area contributed by atoms with E-state index in [1.165, 1.54) is 35.6 Å². The Balaban J connectivity index is 0.819. The van der Waals surface area contributed by atoms with Crippen LogP contribution in [0.15, 0.2) is 71.7 Å². The van der Waals surface area contributed by atoms with E-state index in [-0.39, 0.29) is 78.3 Å². The Bertz CT molecular complexity index is 2830. The number of primary amides is 1. The lowest BCUT2D eigenvalue weighted by Gasteiger charge is -2.38. The first-order valence-corrected chi connectivity index (χ1v) is 23.3. The van der Waals surface area contributed by atoms with Crippen LogP contribution in [0.5, 0.6) is 11.5 Å². The molecule has 9 rings (SSSR count). The molecule has 3 aromatic carbocycles. The molecular weight excluding hydrogens is 875 g/mol. The number of nitrogens with one attached hydrogen (secondary N) is 2. The van der Waals surface area contributed by atoms with Crippen LogP contribution in [0.3, 0.4) is 0 Å². The van der Waals surface area contributed by atoms with Crippen molar-refractivity contribution in [1.82, 2.24) is 30.2 Å². The molecule has 2 atom stereocenters. The number of fused-ring (bicyclic) bond motifs is 2. The van der Waals surface area contributed by atoms with E-state index in [1.807, 2.05) is 31.0 Å². The van der Waals surface area contributed by atoms with E-state index in [0.717, 1.165) is 56.2 Å². The van der Waals surface area contributed by atoms with E-state index in [2.05, 4.69) is 44.2 Å². The van der Waals surface area contributed by atoms with Crippen LogP contribution in [0.2, 0.25) is 0 Å². The number of halogens is 2. The van der Waals surface area contributed by atoms with E-state index in [9.17, 15) is 24.3 Å². The molecule has 5 N–H and O–H groups in total. The van der Waals surface area contributed by atoms with Gasteiger partial charge >= 0.3 is 6.03 Å². The van der Waals surface area contributed by atoms with Crippen LogP contribution in [-0.4, -0.2) is 120 Å². The van der Waals surface area contributed by atoms with Crippen molar-refractivity contribution in [3.8, 4) is 22.6 Å². The van der Waals surface area contributed by atoms with E-state index < -0.39 is 35.1 Å². The van der Waals surface area contributed by atoms with Crippen LogP contribution in [0.4, 0.5) is 19.4 Å². The Morgan fingerprint density at radius 3 is 2.54 bits per heavy atom. The summed E-state index contributed by atoms with van der Waals surface area (Å²) in [5.74, 6) is -2.09. The van der Waals surface area contributed by atoms with Crippen LogP contribution >= 0.6 is 0 Å². The summed E-state index contributed by atoms with van der Waals surface area (Å²) in [6.45, 7) is 7.45. The van der Waals surface area contributed by atoms with E-state index in [0.29, 0.717) is 48.4 Å². The van der Waals surface area contributed by atoms with Gasteiger partial charge < -0.3 is 35.4 Å². The summed E-state index contributed by atoms with van der Waals surface area (Å²) < 4.78 is 46.3. The van der Waals surface area contributed by atoms with Crippen molar-refractivity contribution in [1.29, 1.82) is 0 Å². The summed E-state index contributed by atoms with van der Waals surface area (Å²) in [5.41, 5.74) is 13.7. The molecule has 1 aliphatic carbocycles. The highest BCUT2D eigenvalue weighted by atomic mass is 19.1. The van der Waals surface area contributed by atoms with Gasteiger partial charge in [0.15, 0.2) is 23.0 Å². The van der Waals surface area contributed by atoms with Crippen LogP contribution in [0.1, 0.15) is 77.9 Å². The number of aryl methyl sites for hydroxylation is 1. The number of allylic oxidation sites excluding steroid dienone is 2. The fraction of sp³-hybridized carbons (Fsp3) is 0.431. The summed E-state index contributed by atoms with van der Waals surface area (Å²) in [6, 6.07) is 9.76. The van der Waals surface area contributed by atoms with Gasteiger partial charge in [0.25, 0.3) is 0 Å². The molecule has 356 valence electrons. The number of ether oxygens (including phenoxy) is 2. The van der Waals surface area contributed by atoms with E-state index in [1.54, 1.807) is 16.8 Å². The third-order valence-electron chi connectivity index (χ3n) is 14.4. The largest absolute Gasteiger partial charge is 0.488 e. The molecule has 4 aliphatic heterocycles. The van der Waals surface area contributed by atoms with Crippen molar-refractivity contribution in [2.45, 2.75) is 63.4 Å². The number of hydrogen-bond donors (Lipinski definition) is 4.